The maximum Gasteiger partial charge on any atom is 0.246 e. The summed E-state index contributed by atoms with van der Waals surface area (Å²) >= 11 is 0. The summed E-state index contributed by atoms with van der Waals surface area (Å²) in [7, 11) is 0. The summed E-state index contributed by atoms with van der Waals surface area (Å²) in [5, 5.41) is 4.96. The quantitative estimate of drug-likeness (QED) is 0.725. The van der Waals surface area contributed by atoms with Crippen molar-refractivity contribution in [2.24, 2.45) is 0 Å². The molecule has 2 aliphatic heterocycles. The molecule has 0 aromatic carbocycles. The second-order valence-corrected chi connectivity index (χ2v) is 4.01. The lowest BCUT2D eigenvalue weighted by Gasteiger charge is -2.26. The Morgan fingerprint density at radius 1 is 1.50 bits per heavy atom. The van der Waals surface area contributed by atoms with E-state index in [-0.39, 0.29) is 5.91 Å². The first-order valence-corrected chi connectivity index (χ1v) is 5.53. The Hall–Kier alpha value is -0.610. The maximum absolute atomic E-state index is 11.4. The Bertz CT molecular complexity index is 202. The number of carbonyl (C=O) groups is 1. The van der Waals surface area contributed by atoms with Gasteiger partial charge in [-0.15, -0.1) is 0 Å². The normalized spacial score (nSPS) is 28.4. The Balaban J connectivity index is 1.70. The molecule has 4 nitrogen and oxygen atoms in total. The lowest BCUT2D eigenvalue weighted by Crippen LogP contribution is -2.38. The highest BCUT2D eigenvalue weighted by Crippen LogP contribution is 2.12. The van der Waals surface area contributed by atoms with E-state index in [1.165, 1.54) is 12.8 Å². The molecule has 2 saturated heterocycles. The zero-order valence-corrected chi connectivity index (χ0v) is 8.50. The Morgan fingerprint density at radius 3 is 3.14 bits per heavy atom. The van der Waals surface area contributed by atoms with E-state index in [0.717, 1.165) is 25.9 Å². The van der Waals surface area contributed by atoms with Crippen LogP contribution < -0.4 is 5.32 Å². The van der Waals surface area contributed by atoms with Gasteiger partial charge in [0.1, 0.15) is 0 Å². The minimum Gasteiger partial charge on any atom is -0.314 e. The fourth-order valence-corrected chi connectivity index (χ4v) is 2.06. The van der Waals surface area contributed by atoms with Gasteiger partial charge in [-0.05, 0) is 32.2 Å². The topological polar surface area (TPSA) is 41.6 Å². The standard InChI is InChI=1S/C10H18N2O2/c13-10-4-2-8-14-12(10)7-5-9-3-1-6-11-9/h9,11H,1-8H2. The van der Waals surface area contributed by atoms with Gasteiger partial charge in [0.05, 0.1) is 13.2 Å². The summed E-state index contributed by atoms with van der Waals surface area (Å²) in [6.45, 7) is 2.57. The lowest BCUT2D eigenvalue weighted by molar-refractivity contribution is -0.198. The lowest BCUT2D eigenvalue weighted by atomic mass is 10.1. The van der Waals surface area contributed by atoms with Gasteiger partial charge in [0, 0.05) is 12.5 Å². The molecular formula is C10H18N2O2. The molecule has 80 valence electrons. The summed E-state index contributed by atoms with van der Waals surface area (Å²) < 4.78 is 0. The van der Waals surface area contributed by atoms with Gasteiger partial charge < -0.3 is 5.32 Å². The second kappa shape index (κ2) is 4.75. The average molecular weight is 198 g/mol. The van der Waals surface area contributed by atoms with E-state index in [2.05, 4.69) is 5.32 Å². The van der Waals surface area contributed by atoms with Crippen molar-refractivity contribution in [1.82, 2.24) is 10.4 Å². The largest absolute Gasteiger partial charge is 0.314 e. The average Bonchev–Trinajstić information content (AvgIpc) is 2.69. The SMILES string of the molecule is O=C1CCCON1CCC1CCCN1. The van der Waals surface area contributed by atoms with Gasteiger partial charge in [-0.1, -0.05) is 0 Å². The van der Waals surface area contributed by atoms with Gasteiger partial charge >= 0.3 is 0 Å². The third-order valence-electron chi connectivity index (χ3n) is 2.90. The van der Waals surface area contributed by atoms with Crippen LogP contribution in [0.4, 0.5) is 0 Å². The molecule has 0 spiro atoms. The van der Waals surface area contributed by atoms with Gasteiger partial charge in [-0.25, -0.2) is 5.06 Å². The van der Waals surface area contributed by atoms with Crippen LogP contribution in [0.2, 0.25) is 0 Å². The molecule has 14 heavy (non-hydrogen) atoms. The smallest absolute Gasteiger partial charge is 0.246 e. The predicted molar refractivity (Wildman–Crippen MR) is 52.5 cm³/mol. The number of nitrogens with zero attached hydrogens (tertiary/aromatic N) is 1. The van der Waals surface area contributed by atoms with E-state index in [4.69, 9.17) is 4.84 Å². The van der Waals surface area contributed by atoms with Gasteiger partial charge in [-0.2, -0.15) is 0 Å². The molecule has 0 saturated carbocycles. The molecule has 1 N–H and O–H groups in total. The highest BCUT2D eigenvalue weighted by molar-refractivity contribution is 5.75. The molecule has 0 aromatic heterocycles. The van der Waals surface area contributed by atoms with E-state index in [0.29, 0.717) is 19.1 Å². The molecule has 0 bridgehead atoms. The van der Waals surface area contributed by atoms with Crippen LogP contribution in [0.5, 0.6) is 0 Å². The Labute approximate surface area is 84.6 Å². The molecule has 1 unspecified atom stereocenters. The Morgan fingerprint density at radius 2 is 2.43 bits per heavy atom. The van der Waals surface area contributed by atoms with Crippen LogP contribution in [-0.2, 0) is 9.63 Å². The molecule has 0 radical (unpaired) electrons. The van der Waals surface area contributed by atoms with Crippen molar-refractivity contribution in [2.45, 2.75) is 38.1 Å². The molecular weight excluding hydrogens is 180 g/mol. The molecule has 1 atom stereocenters. The van der Waals surface area contributed by atoms with Crippen LogP contribution in [0, 0.1) is 0 Å². The van der Waals surface area contributed by atoms with Crippen LogP contribution >= 0.6 is 0 Å². The fourth-order valence-electron chi connectivity index (χ4n) is 2.06. The number of nitrogens with one attached hydrogen (secondary N) is 1. The van der Waals surface area contributed by atoms with E-state index in [1.807, 2.05) is 0 Å². The number of rotatable bonds is 3. The molecule has 2 rings (SSSR count). The minimum absolute atomic E-state index is 0.147. The van der Waals surface area contributed by atoms with Gasteiger partial charge in [0.15, 0.2) is 0 Å². The summed E-state index contributed by atoms with van der Waals surface area (Å²) in [6, 6.07) is 0.591. The molecule has 2 aliphatic rings. The van der Waals surface area contributed by atoms with Gasteiger partial charge in [0.25, 0.3) is 0 Å². The maximum atomic E-state index is 11.4. The summed E-state index contributed by atoms with van der Waals surface area (Å²) in [5.74, 6) is 0.147. The molecule has 1 amide bonds. The van der Waals surface area contributed by atoms with Crippen LogP contribution in [-0.4, -0.2) is 36.7 Å². The van der Waals surface area contributed by atoms with Crippen LogP contribution in [0.3, 0.4) is 0 Å². The summed E-state index contributed by atoms with van der Waals surface area (Å²) in [5.41, 5.74) is 0. The number of hydrogen-bond donors (Lipinski definition) is 1. The predicted octanol–water partition coefficient (Wildman–Crippen LogP) is 0.682. The molecule has 0 aromatic rings. The molecule has 0 aliphatic carbocycles. The van der Waals surface area contributed by atoms with Crippen molar-refractivity contribution < 1.29 is 9.63 Å². The summed E-state index contributed by atoms with van der Waals surface area (Å²) in [6.07, 6.45) is 5.04. The summed E-state index contributed by atoms with van der Waals surface area (Å²) in [4.78, 5) is 16.7. The van der Waals surface area contributed by atoms with E-state index in [1.54, 1.807) is 5.06 Å². The van der Waals surface area contributed by atoms with Gasteiger partial charge in [-0.3, -0.25) is 9.63 Å². The molecule has 2 fully saturated rings. The van der Waals surface area contributed by atoms with Crippen molar-refractivity contribution in [1.29, 1.82) is 0 Å². The zero-order valence-electron chi connectivity index (χ0n) is 8.50. The monoisotopic (exact) mass is 198 g/mol. The van der Waals surface area contributed by atoms with Gasteiger partial charge in [0.2, 0.25) is 5.91 Å². The number of hydrogen-bond acceptors (Lipinski definition) is 3. The first-order valence-electron chi connectivity index (χ1n) is 5.53. The molecule has 2 heterocycles. The van der Waals surface area contributed by atoms with Crippen molar-refractivity contribution in [3.8, 4) is 0 Å². The Kier molecular flexibility index (Phi) is 3.37. The first kappa shape index (κ1) is 9.93. The number of carbonyl (C=O) groups excluding carboxylic acids is 1. The second-order valence-electron chi connectivity index (χ2n) is 4.01. The van der Waals surface area contributed by atoms with Crippen molar-refractivity contribution in [3.05, 3.63) is 0 Å². The van der Waals surface area contributed by atoms with Crippen molar-refractivity contribution >= 4 is 5.91 Å². The third-order valence-corrected chi connectivity index (χ3v) is 2.90. The van der Waals surface area contributed by atoms with E-state index < -0.39 is 0 Å². The fraction of sp³-hybridized carbons (Fsp3) is 0.900. The van der Waals surface area contributed by atoms with E-state index in [9.17, 15) is 4.79 Å². The first-order chi connectivity index (χ1) is 6.86. The molecule has 4 heteroatoms. The number of hydroxylamine groups is 2. The van der Waals surface area contributed by atoms with E-state index >= 15 is 0 Å². The highest BCUT2D eigenvalue weighted by atomic mass is 16.7. The van der Waals surface area contributed by atoms with Crippen LogP contribution in [0.15, 0.2) is 0 Å². The number of amides is 1. The zero-order chi connectivity index (χ0) is 9.80. The van der Waals surface area contributed by atoms with Crippen LogP contribution in [0.25, 0.3) is 0 Å². The third kappa shape index (κ3) is 2.45. The van der Waals surface area contributed by atoms with Crippen LogP contribution in [0.1, 0.15) is 32.1 Å². The minimum atomic E-state index is 0.147. The van der Waals surface area contributed by atoms with Crippen molar-refractivity contribution in [3.63, 3.8) is 0 Å². The van der Waals surface area contributed by atoms with Crippen molar-refractivity contribution in [2.75, 3.05) is 19.7 Å². The highest BCUT2D eigenvalue weighted by Gasteiger charge is 2.21.